The van der Waals surface area contributed by atoms with Crippen LogP contribution in [0.1, 0.15) is 61.1 Å². The molecule has 36 heavy (non-hydrogen) atoms. The highest BCUT2D eigenvalue weighted by molar-refractivity contribution is 5.90. The second-order valence-corrected chi connectivity index (χ2v) is 11.3. The van der Waals surface area contributed by atoms with Crippen LogP contribution in [0.3, 0.4) is 0 Å². The zero-order chi connectivity index (χ0) is 25.2. The molecular weight excluding hydrogens is 466 g/mol. The molecule has 0 spiro atoms. The average Bonchev–Trinajstić information content (AvgIpc) is 3.63. The van der Waals surface area contributed by atoms with Gasteiger partial charge in [-0.25, -0.2) is 4.79 Å². The molecule has 0 heterocycles. The van der Waals surface area contributed by atoms with Crippen LogP contribution in [0, 0.1) is 35.5 Å². The molecule has 5 nitrogen and oxygen atoms in total. The van der Waals surface area contributed by atoms with E-state index in [1.54, 1.807) is 18.2 Å². The van der Waals surface area contributed by atoms with E-state index in [4.69, 9.17) is 9.47 Å². The zero-order valence-electron chi connectivity index (χ0n) is 20.1. The van der Waals surface area contributed by atoms with E-state index in [9.17, 15) is 23.5 Å². The van der Waals surface area contributed by atoms with Gasteiger partial charge in [0.05, 0.1) is 5.56 Å². The molecule has 4 bridgehead atoms. The van der Waals surface area contributed by atoms with E-state index in [2.05, 4.69) is 6.92 Å². The number of fused-ring (bicyclic) bond motifs is 9. The van der Waals surface area contributed by atoms with Gasteiger partial charge in [-0.1, -0.05) is 30.3 Å². The monoisotopic (exact) mass is 495 g/mol. The third-order valence-electron chi connectivity index (χ3n) is 9.43. The van der Waals surface area contributed by atoms with Gasteiger partial charge in [-0.05, 0) is 98.4 Å². The Morgan fingerprint density at radius 1 is 0.972 bits per heavy atom. The fourth-order valence-corrected chi connectivity index (χ4v) is 8.17. The molecule has 0 aromatic heterocycles. The van der Waals surface area contributed by atoms with Crippen molar-refractivity contribution in [3.63, 3.8) is 0 Å². The maximum Gasteiger partial charge on any atom is 0.338 e. The molecular formula is C29H29F2O5-. The number of carbonyl (C=O) groups is 2. The number of rotatable bonds is 7. The largest absolute Gasteiger partial charge is 0.544 e. The molecule has 4 saturated carbocycles. The quantitative estimate of drug-likeness (QED) is 0.407. The van der Waals surface area contributed by atoms with Crippen molar-refractivity contribution in [2.24, 2.45) is 35.5 Å². The molecule has 0 N–H and O–H groups in total. The van der Waals surface area contributed by atoms with Crippen LogP contribution in [0.5, 0.6) is 5.75 Å². The molecule has 7 heteroatoms. The number of ether oxygens (including phenoxy) is 2. The number of benzene rings is 2. The molecule has 4 aliphatic carbocycles. The number of hydrogen-bond donors (Lipinski definition) is 0. The summed E-state index contributed by atoms with van der Waals surface area (Å²) in [6.45, 7) is 2.20. The summed E-state index contributed by atoms with van der Waals surface area (Å²) in [5, 5.41) is 11.1. The summed E-state index contributed by atoms with van der Waals surface area (Å²) < 4.78 is 40.3. The number of halogens is 2. The van der Waals surface area contributed by atoms with Gasteiger partial charge >= 0.3 is 11.9 Å². The smallest absolute Gasteiger partial charge is 0.338 e. The minimum atomic E-state index is -4.39. The maximum absolute atomic E-state index is 14.4. The van der Waals surface area contributed by atoms with E-state index >= 15 is 0 Å². The topological polar surface area (TPSA) is 75.7 Å². The van der Waals surface area contributed by atoms with Gasteiger partial charge in [-0.15, -0.1) is 0 Å². The lowest BCUT2D eigenvalue weighted by molar-refractivity contribution is -0.336. The molecule has 0 saturated heterocycles. The summed E-state index contributed by atoms with van der Waals surface area (Å²) in [7, 11) is 0. The van der Waals surface area contributed by atoms with Gasteiger partial charge in [-0.2, -0.15) is 8.78 Å². The van der Waals surface area contributed by atoms with E-state index in [1.807, 2.05) is 0 Å². The predicted octanol–water partition coefficient (Wildman–Crippen LogP) is 4.81. The molecule has 0 amide bonds. The molecule has 0 aliphatic heterocycles. The van der Waals surface area contributed by atoms with Crippen molar-refractivity contribution >= 4 is 11.9 Å². The Kier molecular flexibility index (Phi) is 5.39. The summed E-state index contributed by atoms with van der Waals surface area (Å²) in [5.41, 5.74) is -0.348. The highest BCUT2D eigenvalue weighted by atomic mass is 19.3. The number of aliphatic carboxylic acids is 1. The Morgan fingerprint density at radius 2 is 1.64 bits per heavy atom. The Morgan fingerprint density at radius 3 is 2.31 bits per heavy atom. The molecule has 0 radical (unpaired) electrons. The summed E-state index contributed by atoms with van der Waals surface area (Å²) in [5.74, 6) is -2.76. The normalized spacial score (nSPS) is 34.9. The van der Waals surface area contributed by atoms with E-state index in [0.717, 1.165) is 36.0 Å². The second-order valence-electron chi connectivity index (χ2n) is 11.3. The first-order chi connectivity index (χ1) is 17.2. The number of carbonyl (C=O) groups excluding carboxylic acids is 2. The van der Waals surface area contributed by atoms with Crippen molar-refractivity contribution in [3.8, 4) is 5.75 Å². The standard InChI is InChI=1S/C29H30F2O5/c1-28(15-20-14-22(28)24-19-8-7-18(13-19)23(20)24)36-21-11-9-17(10-12-21)26(32)35-25(29(30,31)27(33)34)16-5-3-2-4-6-16/h2-6,9-12,18-20,22-25H,7-8,13-15H2,1H3,(H,33,34)/p-1. The van der Waals surface area contributed by atoms with Crippen LogP contribution in [-0.4, -0.2) is 23.5 Å². The van der Waals surface area contributed by atoms with Gasteiger partial charge in [0.2, 0.25) is 0 Å². The lowest BCUT2D eigenvalue weighted by Gasteiger charge is -2.44. The van der Waals surface area contributed by atoms with Gasteiger partial charge in [-0.3, -0.25) is 0 Å². The molecule has 4 fully saturated rings. The van der Waals surface area contributed by atoms with Crippen LogP contribution in [0.15, 0.2) is 54.6 Å². The first-order valence-electron chi connectivity index (χ1n) is 12.8. The summed E-state index contributed by atoms with van der Waals surface area (Å²) in [4.78, 5) is 23.8. The van der Waals surface area contributed by atoms with E-state index in [1.165, 1.54) is 62.1 Å². The van der Waals surface area contributed by atoms with Crippen molar-refractivity contribution in [2.75, 3.05) is 0 Å². The van der Waals surface area contributed by atoms with Gasteiger partial charge in [0.25, 0.3) is 0 Å². The summed E-state index contributed by atoms with van der Waals surface area (Å²) >= 11 is 0. The third-order valence-corrected chi connectivity index (χ3v) is 9.43. The minimum absolute atomic E-state index is 0.0312. The number of hydrogen-bond acceptors (Lipinski definition) is 5. The summed E-state index contributed by atoms with van der Waals surface area (Å²) in [6, 6.07) is 13.3. The van der Waals surface area contributed by atoms with Crippen molar-refractivity contribution in [3.05, 3.63) is 65.7 Å². The second kappa shape index (κ2) is 8.29. The molecule has 2 aromatic rings. The molecule has 8 unspecified atom stereocenters. The Hall–Kier alpha value is -2.96. The number of esters is 1. The zero-order valence-corrected chi connectivity index (χ0v) is 20.1. The molecule has 2 aromatic carbocycles. The fourth-order valence-electron chi connectivity index (χ4n) is 8.17. The number of carboxylic acids is 1. The Bertz CT molecular complexity index is 1170. The van der Waals surface area contributed by atoms with Crippen LogP contribution in [0.4, 0.5) is 8.78 Å². The van der Waals surface area contributed by atoms with Crippen molar-refractivity contribution in [2.45, 2.75) is 56.7 Å². The number of carboxylic acid groups (broad SMARTS) is 1. The van der Waals surface area contributed by atoms with Crippen molar-refractivity contribution < 1.29 is 33.0 Å². The summed E-state index contributed by atoms with van der Waals surface area (Å²) in [6.07, 6.45) is 4.10. The molecule has 4 aliphatic rings. The minimum Gasteiger partial charge on any atom is -0.544 e. The van der Waals surface area contributed by atoms with Gasteiger partial charge in [0.1, 0.15) is 17.3 Å². The lowest BCUT2D eigenvalue weighted by atomic mass is 9.66. The van der Waals surface area contributed by atoms with Crippen LogP contribution >= 0.6 is 0 Å². The van der Waals surface area contributed by atoms with Crippen LogP contribution in [-0.2, 0) is 9.53 Å². The molecule has 190 valence electrons. The van der Waals surface area contributed by atoms with E-state index in [0.29, 0.717) is 11.7 Å². The predicted molar refractivity (Wildman–Crippen MR) is 124 cm³/mol. The Labute approximate surface area is 208 Å². The third kappa shape index (κ3) is 3.61. The van der Waals surface area contributed by atoms with Crippen LogP contribution in [0.25, 0.3) is 0 Å². The maximum atomic E-state index is 14.4. The van der Waals surface area contributed by atoms with Gasteiger partial charge in [0.15, 0.2) is 6.10 Å². The lowest BCUT2D eigenvalue weighted by Crippen LogP contribution is -2.47. The van der Waals surface area contributed by atoms with Crippen LogP contribution in [0.2, 0.25) is 0 Å². The van der Waals surface area contributed by atoms with Crippen molar-refractivity contribution in [1.29, 1.82) is 0 Å². The van der Waals surface area contributed by atoms with Crippen LogP contribution < -0.4 is 9.84 Å². The number of alkyl halides is 2. The van der Waals surface area contributed by atoms with Crippen molar-refractivity contribution in [1.82, 2.24) is 0 Å². The fraction of sp³-hybridized carbons (Fsp3) is 0.517. The van der Waals surface area contributed by atoms with E-state index in [-0.39, 0.29) is 16.7 Å². The van der Waals surface area contributed by atoms with Gasteiger partial charge < -0.3 is 19.4 Å². The SMILES string of the molecule is CC1(Oc2ccc(C(=O)OC(c3ccccc3)C(F)(F)C(=O)[O-])cc2)CC2CC1C1C3CCC(C3)C21. The Balaban J connectivity index is 1.16. The van der Waals surface area contributed by atoms with E-state index < -0.39 is 24.0 Å². The molecule has 6 rings (SSSR count). The highest BCUT2D eigenvalue weighted by Gasteiger charge is 2.66. The first-order valence-corrected chi connectivity index (χ1v) is 12.8. The van der Waals surface area contributed by atoms with Gasteiger partial charge in [0, 0.05) is 5.92 Å². The highest BCUT2D eigenvalue weighted by Crippen LogP contribution is 2.70. The average molecular weight is 496 g/mol. The first kappa shape index (κ1) is 23.4. The molecule has 8 atom stereocenters.